The van der Waals surface area contributed by atoms with Crippen LogP contribution < -0.4 is 10.1 Å². The molecule has 1 aromatic heterocycles. The zero-order chi connectivity index (χ0) is 15.2. The number of para-hydroxylation sites is 2. The Morgan fingerprint density at radius 1 is 1.33 bits per heavy atom. The highest BCUT2D eigenvalue weighted by molar-refractivity contribution is 6.06. The maximum absolute atomic E-state index is 12.3. The third kappa shape index (κ3) is 3.62. The van der Waals surface area contributed by atoms with Crippen molar-refractivity contribution in [2.75, 3.05) is 11.9 Å². The molecule has 0 aliphatic rings. The van der Waals surface area contributed by atoms with Crippen LogP contribution in [-0.2, 0) is 0 Å². The summed E-state index contributed by atoms with van der Waals surface area (Å²) in [5, 5.41) is 6.65. The summed E-state index contributed by atoms with van der Waals surface area (Å²) in [4.78, 5) is 12.3. The van der Waals surface area contributed by atoms with E-state index >= 15 is 0 Å². The van der Waals surface area contributed by atoms with Crippen molar-refractivity contribution in [2.45, 2.75) is 33.6 Å². The van der Waals surface area contributed by atoms with Crippen LogP contribution in [0.4, 0.5) is 5.69 Å². The van der Waals surface area contributed by atoms with Gasteiger partial charge in [0, 0.05) is 0 Å². The molecule has 112 valence electrons. The molecule has 1 aromatic carbocycles. The molecule has 0 atom stereocenters. The number of carbonyl (C=O) groups excluding carboxylic acids is 1. The summed E-state index contributed by atoms with van der Waals surface area (Å²) in [7, 11) is 0. The van der Waals surface area contributed by atoms with Gasteiger partial charge in [-0.15, -0.1) is 0 Å². The summed E-state index contributed by atoms with van der Waals surface area (Å²) in [6.45, 7) is 6.21. The Morgan fingerprint density at radius 3 is 2.76 bits per heavy atom. The third-order valence-corrected chi connectivity index (χ3v) is 3.15. The molecular formula is C16H20N2O3. The van der Waals surface area contributed by atoms with Crippen LogP contribution in [0.1, 0.15) is 41.6 Å². The second-order valence-corrected chi connectivity index (χ2v) is 4.85. The summed E-state index contributed by atoms with van der Waals surface area (Å²) in [5.74, 6) is 0.943. The number of aromatic nitrogens is 1. The maximum Gasteiger partial charge on any atom is 0.261 e. The molecule has 0 bridgehead atoms. The molecule has 1 amide bonds. The highest BCUT2D eigenvalue weighted by Crippen LogP contribution is 2.25. The van der Waals surface area contributed by atoms with Gasteiger partial charge in [-0.05, 0) is 32.4 Å². The Morgan fingerprint density at radius 2 is 2.10 bits per heavy atom. The quantitative estimate of drug-likeness (QED) is 0.823. The highest BCUT2D eigenvalue weighted by atomic mass is 16.5. The van der Waals surface area contributed by atoms with Crippen molar-refractivity contribution in [1.82, 2.24) is 5.16 Å². The maximum atomic E-state index is 12.3. The van der Waals surface area contributed by atoms with Crippen molar-refractivity contribution in [3.63, 3.8) is 0 Å². The van der Waals surface area contributed by atoms with Crippen LogP contribution in [0.5, 0.6) is 5.75 Å². The molecule has 0 radical (unpaired) electrons. The van der Waals surface area contributed by atoms with E-state index in [0.717, 1.165) is 12.8 Å². The Bertz CT molecular complexity index is 600. The van der Waals surface area contributed by atoms with Gasteiger partial charge in [0.25, 0.3) is 5.91 Å². The van der Waals surface area contributed by atoms with Gasteiger partial charge >= 0.3 is 0 Å². The number of rotatable bonds is 6. The number of hydrogen-bond donors (Lipinski definition) is 1. The number of ether oxygens (including phenoxy) is 1. The standard InChI is InChI=1S/C16H20N2O3/c1-4-5-10-20-14-9-7-6-8-13(14)17-16(19)15-11(2)18-21-12(15)3/h6-9H,4-5,10H2,1-3H3,(H,17,19). The second kappa shape index (κ2) is 6.92. The van der Waals surface area contributed by atoms with E-state index in [1.807, 2.05) is 24.3 Å². The van der Waals surface area contributed by atoms with Crippen molar-refractivity contribution in [1.29, 1.82) is 0 Å². The van der Waals surface area contributed by atoms with E-state index in [4.69, 9.17) is 9.26 Å². The van der Waals surface area contributed by atoms with Crippen LogP contribution in [0, 0.1) is 13.8 Å². The number of nitrogens with one attached hydrogen (secondary N) is 1. The summed E-state index contributed by atoms with van der Waals surface area (Å²) in [6, 6.07) is 7.40. The molecule has 1 N–H and O–H groups in total. The number of unbranched alkanes of at least 4 members (excludes halogenated alkanes) is 1. The highest BCUT2D eigenvalue weighted by Gasteiger charge is 2.18. The van der Waals surface area contributed by atoms with Crippen molar-refractivity contribution in [2.24, 2.45) is 0 Å². The average molecular weight is 288 g/mol. The molecule has 0 unspecified atom stereocenters. The zero-order valence-electron chi connectivity index (χ0n) is 12.6. The van der Waals surface area contributed by atoms with Gasteiger partial charge in [-0.25, -0.2) is 0 Å². The van der Waals surface area contributed by atoms with Crippen molar-refractivity contribution < 1.29 is 14.1 Å². The van der Waals surface area contributed by atoms with E-state index in [1.54, 1.807) is 13.8 Å². The molecule has 0 saturated heterocycles. The number of hydrogen-bond acceptors (Lipinski definition) is 4. The normalized spacial score (nSPS) is 10.4. The molecule has 0 fully saturated rings. The van der Waals surface area contributed by atoms with Gasteiger partial charge in [0.1, 0.15) is 17.1 Å². The predicted molar refractivity (Wildman–Crippen MR) is 80.8 cm³/mol. The van der Waals surface area contributed by atoms with Crippen molar-refractivity contribution in [3.8, 4) is 5.75 Å². The first kappa shape index (κ1) is 15.1. The monoisotopic (exact) mass is 288 g/mol. The smallest absolute Gasteiger partial charge is 0.261 e. The summed E-state index contributed by atoms with van der Waals surface area (Å²) < 4.78 is 10.7. The number of aryl methyl sites for hydroxylation is 2. The molecule has 0 saturated carbocycles. The number of benzene rings is 1. The van der Waals surface area contributed by atoms with Crippen LogP contribution in [0.2, 0.25) is 0 Å². The Balaban J connectivity index is 2.14. The number of amides is 1. The molecule has 0 aliphatic heterocycles. The molecule has 1 heterocycles. The van der Waals surface area contributed by atoms with Gasteiger partial charge in [-0.2, -0.15) is 0 Å². The Kier molecular flexibility index (Phi) is 4.98. The minimum absolute atomic E-state index is 0.238. The lowest BCUT2D eigenvalue weighted by Gasteiger charge is -2.12. The van der Waals surface area contributed by atoms with Crippen molar-refractivity contribution in [3.05, 3.63) is 41.3 Å². The lowest BCUT2D eigenvalue weighted by Crippen LogP contribution is -2.14. The minimum Gasteiger partial charge on any atom is -0.491 e. The second-order valence-electron chi connectivity index (χ2n) is 4.85. The van der Waals surface area contributed by atoms with E-state index in [1.165, 1.54) is 0 Å². The molecule has 2 aromatic rings. The van der Waals surface area contributed by atoms with Crippen LogP contribution in [0.3, 0.4) is 0 Å². The minimum atomic E-state index is -0.238. The number of anilines is 1. The van der Waals surface area contributed by atoms with Gasteiger partial charge in [0.05, 0.1) is 18.0 Å². The first-order chi connectivity index (χ1) is 10.1. The third-order valence-electron chi connectivity index (χ3n) is 3.15. The molecule has 21 heavy (non-hydrogen) atoms. The lowest BCUT2D eigenvalue weighted by molar-refractivity contribution is 0.102. The fourth-order valence-corrected chi connectivity index (χ4v) is 2.01. The summed E-state index contributed by atoms with van der Waals surface area (Å²) >= 11 is 0. The zero-order valence-corrected chi connectivity index (χ0v) is 12.6. The van der Waals surface area contributed by atoms with E-state index in [9.17, 15) is 4.79 Å². The number of carbonyl (C=O) groups is 1. The van der Waals surface area contributed by atoms with Gasteiger partial charge in [0.15, 0.2) is 0 Å². The molecule has 5 nitrogen and oxygen atoms in total. The van der Waals surface area contributed by atoms with Crippen LogP contribution >= 0.6 is 0 Å². The van der Waals surface area contributed by atoms with E-state index in [-0.39, 0.29) is 5.91 Å². The molecule has 0 spiro atoms. The fourth-order valence-electron chi connectivity index (χ4n) is 2.01. The van der Waals surface area contributed by atoms with Crippen LogP contribution in [0.15, 0.2) is 28.8 Å². The van der Waals surface area contributed by atoms with E-state index in [0.29, 0.717) is 35.1 Å². The summed E-state index contributed by atoms with van der Waals surface area (Å²) in [5.41, 5.74) is 1.70. The summed E-state index contributed by atoms with van der Waals surface area (Å²) in [6.07, 6.45) is 2.04. The Hall–Kier alpha value is -2.30. The van der Waals surface area contributed by atoms with E-state index < -0.39 is 0 Å². The van der Waals surface area contributed by atoms with Gasteiger partial charge in [0.2, 0.25) is 0 Å². The van der Waals surface area contributed by atoms with Crippen LogP contribution in [-0.4, -0.2) is 17.7 Å². The average Bonchev–Trinajstić information content (AvgIpc) is 2.80. The van der Waals surface area contributed by atoms with Crippen LogP contribution in [0.25, 0.3) is 0 Å². The molecule has 5 heteroatoms. The lowest BCUT2D eigenvalue weighted by atomic mass is 10.2. The fraction of sp³-hybridized carbons (Fsp3) is 0.375. The molecular weight excluding hydrogens is 268 g/mol. The predicted octanol–water partition coefficient (Wildman–Crippen LogP) is 3.72. The van der Waals surface area contributed by atoms with Gasteiger partial charge in [-0.3, -0.25) is 4.79 Å². The Labute approximate surface area is 124 Å². The van der Waals surface area contributed by atoms with Gasteiger partial charge in [-0.1, -0.05) is 30.6 Å². The number of nitrogens with zero attached hydrogens (tertiary/aromatic N) is 1. The largest absolute Gasteiger partial charge is 0.491 e. The first-order valence-electron chi connectivity index (χ1n) is 7.09. The SMILES string of the molecule is CCCCOc1ccccc1NC(=O)c1c(C)noc1C. The van der Waals surface area contributed by atoms with Crippen molar-refractivity contribution >= 4 is 11.6 Å². The first-order valence-corrected chi connectivity index (χ1v) is 7.09. The van der Waals surface area contributed by atoms with E-state index in [2.05, 4.69) is 17.4 Å². The topological polar surface area (TPSA) is 64.4 Å². The van der Waals surface area contributed by atoms with Gasteiger partial charge < -0.3 is 14.6 Å². The molecule has 2 rings (SSSR count). The molecule has 0 aliphatic carbocycles.